The van der Waals surface area contributed by atoms with Crippen LogP contribution in [-0.2, 0) is 5.60 Å². The zero-order valence-electron chi connectivity index (χ0n) is 14.5. The number of aliphatic hydroxyl groups is 1. The van der Waals surface area contributed by atoms with Crippen molar-refractivity contribution in [3.05, 3.63) is 57.5 Å². The number of halogens is 3. The van der Waals surface area contributed by atoms with Crippen LogP contribution in [0.25, 0.3) is 0 Å². The van der Waals surface area contributed by atoms with Crippen molar-refractivity contribution in [2.24, 2.45) is 0 Å². The van der Waals surface area contributed by atoms with E-state index in [4.69, 9.17) is 4.42 Å². The first-order valence-corrected chi connectivity index (χ1v) is 7.85. The molecular formula is C17H17F3N2O5. The lowest BCUT2D eigenvalue weighted by atomic mass is 9.95. The molecule has 0 unspecified atom stereocenters. The molecule has 1 aromatic carbocycles. The molecule has 0 bridgehead atoms. The summed E-state index contributed by atoms with van der Waals surface area (Å²) >= 11 is 0. The van der Waals surface area contributed by atoms with Gasteiger partial charge < -0.3 is 14.8 Å². The van der Waals surface area contributed by atoms with Crippen LogP contribution in [0, 0.1) is 17.0 Å². The zero-order valence-corrected chi connectivity index (χ0v) is 14.5. The van der Waals surface area contributed by atoms with E-state index < -0.39 is 41.1 Å². The Kier molecular flexibility index (Phi) is 5.59. The van der Waals surface area contributed by atoms with Crippen molar-refractivity contribution in [2.45, 2.75) is 32.0 Å². The van der Waals surface area contributed by atoms with Crippen molar-refractivity contribution in [3.63, 3.8) is 0 Å². The smallest absolute Gasteiger partial charge is 0.424 e. The van der Waals surface area contributed by atoms with Crippen LogP contribution in [0.4, 0.5) is 24.5 Å². The Balaban J connectivity index is 2.23. The van der Waals surface area contributed by atoms with Gasteiger partial charge in [0.15, 0.2) is 5.78 Å². The van der Waals surface area contributed by atoms with Crippen LogP contribution in [0.15, 0.2) is 34.7 Å². The fourth-order valence-corrected chi connectivity index (χ4v) is 2.49. The number of ketones is 1. The Bertz CT molecular complexity index is 862. The van der Waals surface area contributed by atoms with Crippen LogP contribution < -0.4 is 5.32 Å². The van der Waals surface area contributed by atoms with E-state index in [0.29, 0.717) is 0 Å². The van der Waals surface area contributed by atoms with Gasteiger partial charge in [0.25, 0.3) is 5.69 Å². The molecule has 0 amide bonds. The lowest BCUT2D eigenvalue weighted by molar-refractivity contribution is -0.384. The molecule has 1 aromatic heterocycles. The summed E-state index contributed by atoms with van der Waals surface area (Å²) < 4.78 is 45.1. The normalized spacial score (nSPS) is 13.9. The topological polar surface area (TPSA) is 106 Å². The summed E-state index contributed by atoms with van der Waals surface area (Å²) in [6.45, 7) is 2.25. The maximum Gasteiger partial charge on any atom is 0.424 e. The minimum absolute atomic E-state index is 0.0647. The quantitative estimate of drug-likeness (QED) is 0.424. The highest BCUT2D eigenvalue weighted by atomic mass is 19.4. The van der Waals surface area contributed by atoms with Crippen molar-refractivity contribution in [3.8, 4) is 0 Å². The Hall–Kier alpha value is -2.88. The lowest BCUT2D eigenvalue weighted by Crippen LogP contribution is -2.43. The predicted octanol–water partition coefficient (Wildman–Crippen LogP) is 3.95. The van der Waals surface area contributed by atoms with Gasteiger partial charge in [0.2, 0.25) is 5.60 Å². The van der Waals surface area contributed by atoms with Gasteiger partial charge in [-0.15, -0.1) is 0 Å². The molecule has 0 aliphatic rings. The van der Waals surface area contributed by atoms with Gasteiger partial charge in [-0.1, -0.05) is 0 Å². The van der Waals surface area contributed by atoms with E-state index in [1.54, 1.807) is 0 Å². The molecule has 7 nitrogen and oxygen atoms in total. The molecule has 10 heteroatoms. The van der Waals surface area contributed by atoms with Crippen molar-refractivity contribution in [1.29, 1.82) is 0 Å². The summed E-state index contributed by atoms with van der Waals surface area (Å²) in [5.41, 5.74) is -3.66. The van der Waals surface area contributed by atoms with Gasteiger partial charge in [0, 0.05) is 24.6 Å². The van der Waals surface area contributed by atoms with Gasteiger partial charge in [-0.05, 0) is 38.1 Å². The average molecular weight is 386 g/mol. The van der Waals surface area contributed by atoms with E-state index in [1.807, 2.05) is 0 Å². The van der Waals surface area contributed by atoms with E-state index in [0.717, 1.165) is 12.1 Å². The van der Waals surface area contributed by atoms with E-state index in [9.17, 15) is 33.2 Å². The molecule has 0 aliphatic carbocycles. The van der Waals surface area contributed by atoms with Crippen LogP contribution in [0.5, 0.6) is 0 Å². The number of anilines is 1. The third kappa shape index (κ3) is 4.27. The van der Waals surface area contributed by atoms with Crippen molar-refractivity contribution in [1.82, 2.24) is 0 Å². The number of carbonyl (C=O) groups is 1. The van der Waals surface area contributed by atoms with Gasteiger partial charge in [-0.2, -0.15) is 13.2 Å². The van der Waals surface area contributed by atoms with Gasteiger partial charge in [-0.25, -0.2) is 0 Å². The van der Waals surface area contributed by atoms with Gasteiger partial charge >= 0.3 is 6.18 Å². The Morgan fingerprint density at radius 1 is 1.30 bits per heavy atom. The highest BCUT2D eigenvalue weighted by Crippen LogP contribution is 2.42. The van der Waals surface area contributed by atoms with E-state index in [-0.39, 0.29) is 22.8 Å². The number of furan rings is 1. The molecule has 0 spiro atoms. The first-order valence-electron chi connectivity index (χ1n) is 7.85. The minimum Gasteiger partial charge on any atom is -0.463 e. The number of aryl methyl sites for hydroxylation is 1. The summed E-state index contributed by atoms with van der Waals surface area (Å²) in [7, 11) is 0. The monoisotopic (exact) mass is 386 g/mol. The second kappa shape index (κ2) is 7.39. The van der Waals surface area contributed by atoms with Crippen molar-refractivity contribution >= 4 is 17.2 Å². The molecule has 2 aromatic rings. The number of nitro benzene ring substituents is 1. The number of carbonyl (C=O) groups excluding carboxylic acids is 1. The fourth-order valence-electron chi connectivity index (χ4n) is 2.49. The number of Topliss-reactive ketones (excluding diaryl/α,β-unsaturated/α-hetero) is 1. The highest BCUT2D eigenvalue weighted by molar-refractivity contribution is 5.95. The van der Waals surface area contributed by atoms with Crippen LogP contribution in [0.2, 0.25) is 0 Å². The van der Waals surface area contributed by atoms with Crippen LogP contribution in [-0.4, -0.2) is 28.5 Å². The molecule has 146 valence electrons. The standard InChI is InChI=1S/C17H17F3N2O5/c1-10-3-6-15(27-10)16(24,17(18,19)20)7-8-21-13-5-4-12(11(2)23)9-14(13)22(25)26/h3-6,9,21,24H,7-8H2,1-2H3/t16-/m1/s1. The minimum atomic E-state index is -5.01. The molecule has 0 saturated carbocycles. The summed E-state index contributed by atoms with van der Waals surface area (Å²) in [6, 6.07) is 5.93. The molecule has 1 heterocycles. The Labute approximate surface area is 151 Å². The van der Waals surface area contributed by atoms with Crippen molar-refractivity contribution < 1.29 is 32.4 Å². The number of benzene rings is 1. The number of hydrogen-bond acceptors (Lipinski definition) is 6. The number of nitrogens with one attached hydrogen (secondary N) is 1. The molecule has 0 fully saturated rings. The van der Waals surface area contributed by atoms with Crippen LogP contribution in [0.1, 0.15) is 35.2 Å². The maximum absolute atomic E-state index is 13.4. The molecule has 2 rings (SSSR count). The van der Waals surface area contributed by atoms with Gasteiger partial charge in [0.05, 0.1) is 4.92 Å². The zero-order chi connectivity index (χ0) is 20.4. The Morgan fingerprint density at radius 2 is 1.96 bits per heavy atom. The van der Waals surface area contributed by atoms with Crippen LogP contribution in [0.3, 0.4) is 0 Å². The number of alkyl halides is 3. The van der Waals surface area contributed by atoms with E-state index >= 15 is 0 Å². The molecule has 0 aliphatic heterocycles. The average Bonchev–Trinajstić information content (AvgIpc) is 3.00. The fraction of sp³-hybridized carbons (Fsp3) is 0.353. The van der Waals surface area contributed by atoms with Crippen LogP contribution >= 0.6 is 0 Å². The molecular weight excluding hydrogens is 369 g/mol. The van der Waals surface area contributed by atoms with E-state index in [1.165, 1.54) is 32.0 Å². The van der Waals surface area contributed by atoms with Gasteiger partial charge in [-0.3, -0.25) is 14.9 Å². The third-order valence-electron chi connectivity index (χ3n) is 4.02. The SMILES string of the molecule is CC(=O)c1ccc(NCC[C@@](O)(c2ccc(C)o2)C(F)(F)F)c([N+](=O)[O-])c1. The predicted molar refractivity (Wildman–Crippen MR) is 89.6 cm³/mol. The number of hydrogen-bond donors (Lipinski definition) is 2. The van der Waals surface area contributed by atoms with E-state index in [2.05, 4.69) is 5.32 Å². The molecule has 1 atom stereocenters. The number of rotatable bonds is 7. The summed E-state index contributed by atoms with van der Waals surface area (Å²) in [5.74, 6) is -0.837. The first kappa shape index (κ1) is 20.4. The van der Waals surface area contributed by atoms with Crippen molar-refractivity contribution in [2.75, 3.05) is 11.9 Å². The molecule has 0 saturated heterocycles. The van der Waals surface area contributed by atoms with Gasteiger partial charge in [0.1, 0.15) is 17.2 Å². The molecule has 2 N–H and O–H groups in total. The second-order valence-corrected chi connectivity index (χ2v) is 5.99. The summed E-state index contributed by atoms with van der Waals surface area (Å²) in [6.07, 6.45) is -5.85. The number of nitro groups is 1. The maximum atomic E-state index is 13.4. The largest absolute Gasteiger partial charge is 0.463 e. The summed E-state index contributed by atoms with van der Waals surface area (Å²) in [5, 5.41) is 23.8. The molecule has 27 heavy (non-hydrogen) atoms. The summed E-state index contributed by atoms with van der Waals surface area (Å²) in [4.78, 5) is 21.7. The third-order valence-corrected chi connectivity index (χ3v) is 4.02. The Morgan fingerprint density at radius 3 is 2.44 bits per heavy atom. The molecule has 0 radical (unpaired) electrons. The first-order chi connectivity index (χ1) is 12.5. The second-order valence-electron chi connectivity index (χ2n) is 5.99. The number of nitrogens with zero attached hydrogens (tertiary/aromatic N) is 1. The highest BCUT2D eigenvalue weighted by Gasteiger charge is 2.56. The lowest BCUT2D eigenvalue weighted by Gasteiger charge is -2.28.